The van der Waals surface area contributed by atoms with Crippen LogP contribution in [-0.2, 0) is 4.79 Å². The fourth-order valence-corrected chi connectivity index (χ4v) is 1.34. The highest BCUT2D eigenvalue weighted by Gasteiger charge is 2.21. The van der Waals surface area contributed by atoms with Crippen molar-refractivity contribution in [3.63, 3.8) is 0 Å². The summed E-state index contributed by atoms with van der Waals surface area (Å²) in [7, 11) is 0. The van der Waals surface area contributed by atoms with Gasteiger partial charge in [0.2, 0.25) is 5.91 Å². The molecule has 0 heterocycles. The van der Waals surface area contributed by atoms with Crippen molar-refractivity contribution in [2.75, 3.05) is 5.32 Å². The van der Waals surface area contributed by atoms with Gasteiger partial charge in [0.15, 0.2) is 0 Å². The minimum Gasteiger partial charge on any atom is -0.326 e. The maximum Gasteiger partial charge on any atom is 0.229 e. The number of nitrogens with one attached hydrogen (secondary N) is 1. The Labute approximate surface area is 95.9 Å². The Balaban J connectivity index is 2.96. The van der Waals surface area contributed by atoms with Crippen LogP contribution in [0.5, 0.6) is 0 Å². The number of halogens is 1. The zero-order valence-corrected chi connectivity index (χ0v) is 10.4. The summed E-state index contributed by atoms with van der Waals surface area (Å²) in [6, 6.07) is 3.29. The largest absolute Gasteiger partial charge is 0.326 e. The summed E-state index contributed by atoms with van der Waals surface area (Å²) in [6.45, 7) is 8.90. The molecule has 0 aliphatic rings. The third kappa shape index (κ3) is 2.81. The van der Waals surface area contributed by atoms with E-state index in [9.17, 15) is 9.18 Å². The van der Waals surface area contributed by atoms with Crippen LogP contribution in [0.2, 0.25) is 0 Å². The quantitative estimate of drug-likeness (QED) is 0.776. The first kappa shape index (κ1) is 12.7. The maximum atomic E-state index is 13.4. The van der Waals surface area contributed by atoms with E-state index in [4.69, 9.17) is 0 Å². The summed E-state index contributed by atoms with van der Waals surface area (Å²) in [5.74, 6) is -0.285. The van der Waals surface area contributed by atoms with Crippen molar-refractivity contribution in [2.24, 2.45) is 5.41 Å². The molecule has 0 aliphatic heterocycles. The molecular formula is C13H18FNO. The summed E-state index contributed by atoms with van der Waals surface area (Å²) in [4.78, 5) is 11.7. The number of carbonyl (C=O) groups excluding carboxylic acids is 1. The lowest BCUT2D eigenvalue weighted by Crippen LogP contribution is -2.27. The van der Waals surface area contributed by atoms with Gasteiger partial charge in [0.05, 0.1) is 0 Å². The molecule has 0 spiro atoms. The summed E-state index contributed by atoms with van der Waals surface area (Å²) in [5, 5.41) is 2.79. The fourth-order valence-electron chi connectivity index (χ4n) is 1.34. The molecule has 0 saturated carbocycles. The molecule has 3 heteroatoms. The highest BCUT2D eigenvalue weighted by Crippen LogP contribution is 2.21. The molecule has 88 valence electrons. The Kier molecular flexibility index (Phi) is 3.36. The van der Waals surface area contributed by atoms with Crippen molar-refractivity contribution in [3.05, 3.63) is 29.1 Å². The van der Waals surface area contributed by atoms with E-state index in [0.29, 0.717) is 16.8 Å². The molecule has 2 nitrogen and oxygen atoms in total. The lowest BCUT2D eigenvalue weighted by atomic mass is 9.95. The molecule has 0 unspecified atom stereocenters. The lowest BCUT2D eigenvalue weighted by Gasteiger charge is -2.18. The first-order valence-electron chi connectivity index (χ1n) is 5.30. The van der Waals surface area contributed by atoms with E-state index in [-0.39, 0.29) is 11.7 Å². The van der Waals surface area contributed by atoms with Crippen LogP contribution in [-0.4, -0.2) is 5.91 Å². The first-order valence-corrected chi connectivity index (χ1v) is 5.30. The number of benzene rings is 1. The predicted octanol–water partition coefficient (Wildman–Crippen LogP) is 3.43. The number of carbonyl (C=O) groups is 1. The normalized spacial score (nSPS) is 11.4. The lowest BCUT2D eigenvalue weighted by molar-refractivity contribution is -0.123. The molecule has 0 aliphatic carbocycles. The highest BCUT2D eigenvalue weighted by atomic mass is 19.1. The van der Waals surface area contributed by atoms with Gasteiger partial charge < -0.3 is 5.32 Å². The van der Waals surface area contributed by atoms with Gasteiger partial charge in [-0.15, -0.1) is 0 Å². The zero-order valence-electron chi connectivity index (χ0n) is 10.4. The van der Waals surface area contributed by atoms with E-state index < -0.39 is 5.41 Å². The molecule has 0 bridgehead atoms. The van der Waals surface area contributed by atoms with Gasteiger partial charge in [0, 0.05) is 11.1 Å². The number of aryl methyl sites for hydroxylation is 2. The smallest absolute Gasteiger partial charge is 0.229 e. The molecule has 1 aromatic rings. The fraction of sp³-hybridized carbons (Fsp3) is 0.462. The zero-order chi connectivity index (χ0) is 12.5. The number of anilines is 1. The van der Waals surface area contributed by atoms with Gasteiger partial charge in [-0.2, -0.15) is 0 Å². The first-order chi connectivity index (χ1) is 7.21. The van der Waals surface area contributed by atoms with Crippen LogP contribution in [0.4, 0.5) is 10.1 Å². The van der Waals surface area contributed by atoms with E-state index in [1.54, 1.807) is 26.0 Å². The molecule has 0 aromatic heterocycles. The van der Waals surface area contributed by atoms with Crippen LogP contribution in [0.1, 0.15) is 31.9 Å². The van der Waals surface area contributed by atoms with Crippen LogP contribution < -0.4 is 5.32 Å². The minimum atomic E-state index is -0.448. The molecule has 1 aromatic carbocycles. The van der Waals surface area contributed by atoms with Gasteiger partial charge in [-0.05, 0) is 37.1 Å². The third-order valence-electron chi connectivity index (χ3n) is 2.38. The topological polar surface area (TPSA) is 29.1 Å². The maximum absolute atomic E-state index is 13.4. The monoisotopic (exact) mass is 223 g/mol. The van der Waals surface area contributed by atoms with Gasteiger partial charge in [0.25, 0.3) is 0 Å². The molecule has 16 heavy (non-hydrogen) atoms. The van der Waals surface area contributed by atoms with Crippen molar-refractivity contribution >= 4 is 11.6 Å². The molecular weight excluding hydrogens is 205 g/mol. The highest BCUT2D eigenvalue weighted by molar-refractivity contribution is 5.94. The molecule has 1 N–H and O–H groups in total. The molecule has 0 saturated heterocycles. The molecule has 0 atom stereocenters. The average Bonchev–Trinajstić information content (AvgIpc) is 2.12. The van der Waals surface area contributed by atoms with Crippen LogP contribution in [0, 0.1) is 25.1 Å². The van der Waals surface area contributed by atoms with Crippen LogP contribution in [0.3, 0.4) is 0 Å². The summed E-state index contributed by atoms with van der Waals surface area (Å²) < 4.78 is 13.4. The second-order valence-electron chi connectivity index (χ2n) is 5.13. The van der Waals surface area contributed by atoms with Crippen molar-refractivity contribution in [1.29, 1.82) is 0 Å². The Morgan fingerprint density at radius 1 is 1.19 bits per heavy atom. The van der Waals surface area contributed by atoms with Crippen molar-refractivity contribution in [1.82, 2.24) is 0 Å². The second-order valence-corrected chi connectivity index (χ2v) is 5.13. The van der Waals surface area contributed by atoms with E-state index in [1.165, 1.54) is 0 Å². The Bertz CT molecular complexity index is 395. The van der Waals surface area contributed by atoms with Crippen molar-refractivity contribution in [2.45, 2.75) is 34.6 Å². The van der Waals surface area contributed by atoms with Gasteiger partial charge in [-0.1, -0.05) is 20.8 Å². The SMILES string of the molecule is Cc1cc(NC(=O)C(C)(C)C)cc(C)c1F. The van der Waals surface area contributed by atoms with E-state index >= 15 is 0 Å². The third-order valence-corrected chi connectivity index (χ3v) is 2.38. The number of rotatable bonds is 1. The van der Waals surface area contributed by atoms with Crippen molar-refractivity contribution < 1.29 is 9.18 Å². The number of hydrogen-bond donors (Lipinski definition) is 1. The van der Waals surface area contributed by atoms with Gasteiger partial charge in [0.1, 0.15) is 5.82 Å². The molecule has 0 fully saturated rings. The molecule has 1 rings (SSSR count). The van der Waals surface area contributed by atoms with Crippen molar-refractivity contribution in [3.8, 4) is 0 Å². The van der Waals surface area contributed by atoms with Gasteiger partial charge in [-0.3, -0.25) is 4.79 Å². The second kappa shape index (κ2) is 4.24. The number of amides is 1. The van der Waals surface area contributed by atoms with Gasteiger partial charge >= 0.3 is 0 Å². The summed E-state index contributed by atoms with van der Waals surface area (Å²) >= 11 is 0. The standard InChI is InChI=1S/C13H18FNO/c1-8-6-10(7-9(2)11(8)14)15-12(16)13(3,4)5/h6-7H,1-5H3,(H,15,16). The minimum absolute atomic E-state index is 0.0714. The Morgan fingerprint density at radius 2 is 1.62 bits per heavy atom. The summed E-state index contributed by atoms with van der Waals surface area (Å²) in [6.07, 6.45) is 0. The molecule has 1 amide bonds. The Hall–Kier alpha value is -1.38. The van der Waals surface area contributed by atoms with E-state index in [2.05, 4.69) is 5.32 Å². The molecule has 0 radical (unpaired) electrons. The predicted molar refractivity (Wildman–Crippen MR) is 64.0 cm³/mol. The summed E-state index contributed by atoms with van der Waals surface area (Å²) in [5.41, 5.74) is 1.29. The number of hydrogen-bond acceptors (Lipinski definition) is 1. The van der Waals surface area contributed by atoms with Crippen LogP contribution in [0.25, 0.3) is 0 Å². The average molecular weight is 223 g/mol. The van der Waals surface area contributed by atoms with Crippen LogP contribution in [0.15, 0.2) is 12.1 Å². The van der Waals surface area contributed by atoms with E-state index in [1.807, 2.05) is 20.8 Å². The van der Waals surface area contributed by atoms with Gasteiger partial charge in [-0.25, -0.2) is 4.39 Å². The Morgan fingerprint density at radius 3 is 2.00 bits per heavy atom. The van der Waals surface area contributed by atoms with E-state index in [0.717, 1.165) is 0 Å². The van der Waals surface area contributed by atoms with Crippen LogP contribution >= 0.6 is 0 Å².